The summed E-state index contributed by atoms with van der Waals surface area (Å²) >= 11 is 0.695. The minimum absolute atomic E-state index is 0.0118. The van der Waals surface area contributed by atoms with Gasteiger partial charge < -0.3 is 9.15 Å². The van der Waals surface area contributed by atoms with Gasteiger partial charge in [-0.3, -0.25) is 20.2 Å². The maximum absolute atomic E-state index is 11.8. The molecule has 2 heterocycles. The molecule has 3 rings (SSSR count). The number of aromatic nitrogens is 2. The molecular weight excluding hydrogens is 368 g/mol. The molecular formula is C14H8N4O7S. The number of nitro benzene ring substituents is 1. The van der Waals surface area contributed by atoms with Crippen molar-refractivity contribution in [2.75, 3.05) is 0 Å². The zero-order chi connectivity index (χ0) is 18.7. The minimum Gasteiger partial charge on any atom is -0.451 e. The summed E-state index contributed by atoms with van der Waals surface area (Å²) in [5, 5.41) is 28.6. The number of nitro groups is 2. The van der Waals surface area contributed by atoms with Crippen LogP contribution in [0.3, 0.4) is 0 Å². The maximum atomic E-state index is 11.8. The van der Waals surface area contributed by atoms with Crippen LogP contribution >= 0.6 is 11.3 Å². The SMILES string of the molecule is O=C(OCc1nnc(-c2ccc([N+](=O)[O-])cc2)o1)c1ccc([N+](=O)[O-])s1. The van der Waals surface area contributed by atoms with Crippen molar-refractivity contribution >= 4 is 28.0 Å². The number of hydrogen-bond donors (Lipinski definition) is 0. The van der Waals surface area contributed by atoms with Gasteiger partial charge in [-0.05, 0) is 18.2 Å². The van der Waals surface area contributed by atoms with E-state index in [-0.39, 0.29) is 34.0 Å². The van der Waals surface area contributed by atoms with E-state index in [1.54, 1.807) is 0 Å². The third-order valence-electron chi connectivity index (χ3n) is 3.09. The lowest BCUT2D eigenvalue weighted by atomic mass is 10.2. The molecule has 0 fully saturated rings. The topological polar surface area (TPSA) is 152 Å². The molecule has 0 bridgehead atoms. The molecule has 0 saturated heterocycles. The zero-order valence-electron chi connectivity index (χ0n) is 12.7. The summed E-state index contributed by atoms with van der Waals surface area (Å²) < 4.78 is 10.3. The average molecular weight is 376 g/mol. The van der Waals surface area contributed by atoms with Crippen molar-refractivity contribution in [3.05, 3.63) is 67.4 Å². The highest BCUT2D eigenvalue weighted by Crippen LogP contribution is 2.25. The highest BCUT2D eigenvalue weighted by molar-refractivity contribution is 7.17. The van der Waals surface area contributed by atoms with E-state index in [1.165, 1.54) is 36.4 Å². The second-order valence-corrected chi connectivity index (χ2v) is 5.84. The molecule has 2 aromatic heterocycles. The molecule has 132 valence electrons. The number of non-ortho nitro benzene ring substituents is 1. The van der Waals surface area contributed by atoms with Crippen LogP contribution in [0.5, 0.6) is 0 Å². The van der Waals surface area contributed by atoms with E-state index >= 15 is 0 Å². The molecule has 0 saturated carbocycles. The molecule has 0 amide bonds. The van der Waals surface area contributed by atoms with E-state index in [4.69, 9.17) is 9.15 Å². The highest BCUT2D eigenvalue weighted by Gasteiger charge is 2.18. The largest absolute Gasteiger partial charge is 0.451 e. The van der Waals surface area contributed by atoms with Gasteiger partial charge in [-0.1, -0.05) is 11.3 Å². The van der Waals surface area contributed by atoms with Gasteiger partial charge in [0.05, 0.1) is 9.85 Å². The van der Waals surface area contributed by atoms with Crippen LogP contribution in [-0.4, -0.2) is 26.0 Å². The fraction of sp³-hybridized carbons (Fsp3) is 0.0714. The van der Waals surface area contributed by atoms with Crippen molar-refractivity contribution < 1.29 is 23.8 Å². The fourth-order valence-electron chi connectivity index (χ4n) is 1.89. The van der Waals surface area contributed by atoms with Crippen LogP contribution < -0.4 is 0 Å². The quantitative estimate of drug-likeness (QED) is 0.359. The van der Waals surface area contributed by atoms with Gasteiger partial charge >= 0.3 is 11.0 Å². The third kappa shape index (κ3) is 3.70. The molecule has 12 heteroatoms. The Kier molecular flexibility index (Phi) is 4.66. The first-order chi connectivity index (χ1) is 12.4. The maximum Gasteiger partial charge on any atom is 0.349 e. The van der Waals surface area contributed by atoms with Crippen molar-refractivity contribution in [1.82, 2.24) is 10.2 Å². The number of hydrogen-bond acceptors (Lipinski definition) is 10. The number of rotatable bonds is 6. The lowest BCUT2D eigenvalue weighted by molar-refractivity contribution is -0.384. The Morgan fingerprint density at radius 2 is 1.81 bits per heavy atom. The molecule has 3 aromatic rings. The second kappa shape index (κ2) is 7.06. The highest BCUT2D eigenvalue weighted by atomic mass is 32.1. The fourth-order valence-corrected chi connectivity index (χ4v) is 2.60. The van der Waals surface area contributed by atoms with Gasteiger partial charge in [0.1, 0.15) is 4.88 Å². The normalized spacial score (nSPS) is 10.5. The summed E-state index contributed by atoms with van der Waals surface area (Å²) in [6.07, 6.45) is 0. The summed E-state index contributed by atoms with van der Waals surface area (Å²) in [6.45, 7) is -0.315. The molecule has 0 radical (unpaired) electrons. The molecule has 1 aromatic carbocycles. The Morgan fingerprint density at radius 1 is 1.08 bits per heavy atom. The van der Waals surface area contributed by atoms with Crippen LogP contribution in [0, 0.1) is 20.2 Å². The molecule has 26 heavy (non-hydrogen) atoms. The Hall–Kier alpha value is -3.67. The molecule has 11 nitrogen and oxygen atoms in total. The predicted octanol–water partition coefficient (Wildman–Crippen LogP) is 2.97. The van der Waals surface area contributed by atoms with Crippen LogP contribution in [0.15, 0.2) is 40.8 Å². The van der Waals surface area contributed by atoms with E-state index in [0.717, 1.165) is 0 Å². The first kappa shape index (κ1) is 17.2. The van der Waals surface area contributed by atoms with E-state index in [9.17, 15) is 25.0 Å². The van der Waals surface area contributed by atoms with E-state index in [1.807, 2.05) is 0 Å². The summed E-state index contributed by atoms with van der Waals surface area (Å²) in [4.78, 5) is 32.0. The molecule has 0 atom stereocenters. The van der Waals surface area contributed by atoms with Gasteiger partial charge in [0.2, 0.25) is 5.89 Å². The monoisotopic (exact) mass is 376 g/mol. The van der Waals surface area contributed by atoms with Crippen molar-refractivity contribution in [1.29, 1.82) is 0 Å². The average Bonchev–Trinajstić information content (AvgIpc) is 3.29. The lowest BCUT2D eigenvalue weighted by Crippen LogP contribution is -2.03. The van der Waals surface area contributed by atoms with Crippen LogP contribution in [-0.2, 0) is 11.3 Å². The predicted molar refractivity (Wildman–Crippen MR) is 86.5 cm³/mol. The standard InChI is InChI=1S/C14H8N4O7S/c19-14(10-5-6-12(26-10)18(22)23)24-7-11-15-16-13(25-11)8-1-3-9(4-2-8)17(20)21/h1-6H,7H2. The minimum atomic E-state index is -0.752. The van der Waals surface area contributed by atoms with Gasteiger partial charge in [0, 0.05) is 23.8 Å². The molecule has 0 aliphatic carbocycles. The van der Waals surface area contributed by atoms with Gasteiger partial charge in [-0.25, -0.2) is 4.79 Å². The summed E-state index contributed by atoms with van der Waals surface area (Å²) in [5.74, 6) is -0.631. The van der Waals surface area contributed by atoms with E-state index < -0.39 is 15.8 Å². The van der Waals surface area contributed by atoms with Gasteiger partial charge in [0.15, 0.2) is 6.61 Å². The first-order valence-corrected chi connectivity index (χ1v) is 7.74. The molecule has 0 aliphatic heterocycles. The van der Waals surface area contributed by atoms with Crippen molar-refractivity contribution in [3.8, 4) is 11.5 Å². The lowest BCUT2D eigenvalue weighted by Gasteiger charge is -1.98. The number of carbonyl (C=O) groups is 1. The molecule has 0 spiro atoms. The van der Waals surface area contributed by atoms with Crippen LogP contribution in [0.4, 0.5) is 10.7 Å². The summed E-state index contributed by atoms with van der Waals surface area (Å²) in [5.41, 5.74) is 0.391. The van der Waals surface area contributed by atoms with Crippen molar-refractivity contribution in [3.63, 3.8) is 0 Å². The number of ether oxygens (including phenoxy) is 1. The van der Waals surface area contributed by atoms with Crippen LogP contribution in [0.2, 0.25) is 0 Å². The number of nitrogens with zero attached hydrogens (tertiary/aromatic N) is 4. The second-order valence-electron chi connectivity index (χ2n) is 4.78. The zero-order valence-corrected chi connectivity index (χ0v) is 13.5. The first-order valence-electron chi connectivity index (χ1n) is 6.92. The van der Waals surface area contributed by atoms with E-state index in [0.29, 0.717) is 16.9 Å². The number of carbonyl (C=O) groups excluding carboxylic acids is 1. The van der Waals surface area contributed by atoms with Crippen molar-refractivity contribution in [2.24, 2.45) is 0 Å². The number of benzene rings is 1. The van der Waals surface area contributed by atoms with Gasteiger partial charge in [0.25, 0.3) is 11.6 Å². The third-order valence-corrected chi connectivity index (χ3v) is 4.11. The summed E-state index contributed by atoms with van der Waals surface area (Å²) in [6, 6.07) is 7.99. The van der Waals surface area contributed by atoms with E-state index in [2.05, 4.69) is 10.2 Å². The summed E-state index contributed by atoms with van der Waals surface area (Å²) in [7, 11) is 0. The Balaban J connectivity index is 1.63. The van der Waals surface area contributed by atoms with Crippen LogP contribution in [0.25, 0.3) is 11.5 Å². The Morgan fingerprint density at radius 3 is 2.42 bits per heavy atom. The van der Waals surface area contributed by atoms with Crippen molar-refractivity contribution in [2.45, 2.75) is 6.61 Å². The van der Waals surface area contributed by atoms with Gasteiger partial charge in [-0.2, -0.15) is 0 Å². The van der Waals surface area contributed by atoms with Crippen LogP contribution in [0.1, 0.15) is 15.6 Å². The number of thiophene rings is 1. The molecule has 0 aliphatic rings. The smallest absolute Gasteiger partial charge is 0.349 e. The Labute approximate surface area is 148 Å². The Bertz CT molecular complexity index is 979. The number of esters is 1. The van der Waals surface area contributed by atoms with Gasteiger partial charge in [-0.15, -0.1) is 10.2 Å². The molecule has 0 unspecified atom stereocenters. The molecule has 0 N–H and O–H groups in total.